The minimum atomic E-state index is 0.610. The highest BCUT2D eigenvalue weighted by Gasteiger charge is 1.97. The molecule has 1 N–H and O–H groups in total. The summed E-state index contributed by atoms with van der Waals surface area (Å²) in [5.41, 5.74) is 3.51. The molecule has 0 aromatic heterocycles. The second kappa shape index (κ2) is 7.56. The molecule has 0 aliphatic carbocycles. The number of rotatable bonds is 7. The van der Waals surface area contributed by atoms with Crippen LogP contribution in [-0.4, -0.2) is 20.3 Å². The van der Waals surface area contributed by atoms with Gasteiger partial charge in [0.15, 0.2) is 0 Å². The van der Waals surface area contributed by atoms with E-state index in [-0.39, 0.29) is 0 Å². The van der Waals surface area contributed by atoms with E-state index < -0.39 is 0 Å². The molecule has 0 amide bonds. The number of hydrogen-bond donors (Lipinski definition) is 1. The molecule has 2 aromatic carbocycles. The summed E-state index contributed by atoms with van der Waals surface area (Å²) >= 11 is 0. The van der Waals surface area contributed by atoms with E-state index in [1.807, 2.05) is 24.3 Å². The zero-order valence-electron chi connectivity index (χ0n) is 12.1. The highest BCUT2D eigenvalue weighted by atomic mass is 16.5. The van der Waals surface area contributed by atoms with E-state index in [0.29, 0.717) is 13.2 Å². The van der Waals surface area contributed by atoms with Gasteiger partial charge in [0, 0.05) is 19.3 Å². The van der Waals surface area contributed by atoms with Crippen LogP contribution in [0.4, 0.5) is 5.69 Å². The van der Waals surface area contributed by atoms with Crippen LogP contribution in [0.2, 0.25) is 0 Å². The lowest BCUT2D eigenvalue weighted by Crippen LogP contribution is -2.11. The minimum Gasteiger partial charge on any atom is -0.492 e. The van der Waals surface area contributed by atoms with Gasteiger partial charge in [-0.15, -0.1) is 0 Å². The third-order valence-corrected chi connectivity index (χ3v) is 2.96. The highest BCUT2D eigenvalue weighted by Crippen LogP contribution is 2.14. The average Bonchev–Trinajstić information content (AvgIpc) is 2.46. The summed E-state index contributed by atoms with van der Waals surface area (Å²) in [7, 11) is 1.69. The smallest absolute Gasteiger partial charge is 0.119 e. The number of benzene rings is 2. The molecule has 0 radical (unpaired) electrons. The Morgan fingerprint density at radius 3 is 2.60 bits per heavy atom. The first kappa shape index (κ1) is 14.4. The molecule has 3 heteroatoms. The molecule has 0 unspecified atom stereocenters. The van der Waals surface area contributed by atoms with Gasteiger partial charge >= 0.3 is 0 Å². The van der Waals surface area contributed by atoms with Gasteiger partial charge in [0.05, 0.1) is 6.61 Å². The monoisotopic (exact) mass is 271 g/mol. The van der Waals surface area contributed by atoms with Crippen LogP contribution in [0.1, 0.15) is 11.1 Å². The predicted octanol–water partition coefficient (Wildman–Crippen LogP) is 3.63. The molecule has 3 nitrogen and oxygen atoms in total. The summed E-state index contributed by atoms with van der Waals surface area (Å²) in [5, 5.41) is 3.33. The van der Waals surface area contributed by atoms with Crippen LogP contribution in [0, 0.1) is 6.92 Å². The Morgan fingerprint density at radius 2 is 1.85 bits per heavy atom. The van der Waals surface area contributed by atoms with Crippen LogP contribution in [-0.2, 0) is 11.3 Å². The van der Waals surface area contributed by atoms with E-state index in [1.54, 1.807) is 7.11 Å². The molecule has 2 rings (SSSR count). The van der Waals surface area contributed by atoms with Gasteiger partial charge in [-0.05, 0) is 36.8 Å². The fourth-order valence-electron chi connectivity index (χ4n) is 1.93. The normalized spacial score (nSPS) is 10.3. The van der Waals surface area contributed by atoms with E-state index in [2.05, 4.69) is 36.5 Å². The van der Waals surface area contributed by atoms with Gasteiger partial charge in [-0.3, -0.25) is 0 Å². The van der Waals surface area contributed by atoms with Crippen molar-refractivity contribution in [1.82, 2.24) is 0 Å². The maximum atomic E-state index is 5.72. The fourth-order valence-corrected chi connectivity index (χ4v) is 1.93. The first-order chi connectivity index (χ1) is 9.78. The van der Waals surface area contributed by atoms with Crippen LogP contribution < -0.4 is 10.1 Å². The van der Waals surface area contributed by atoms with Gasteiger partial charge in [-0.1, -0.05) is 29.8 Å². The van der Waals surface area contributed by atoms with Crippen LogP contribution >= 0.6 is 0 Å². The predicted molar refractivity (Wildman–Crippen MR) is 82.3 cm³/mol. The molecule has 0 saturated carbocycles. The molecule has 106 valence electrons. The Labute approximate surface area is 120 Å². The lowest BCUT2D eigenvalue weighted by Gasteiger charge is -2.10. The number of hydrogen-bond acceptors (Lipinski definition) is 3. The molecule has 20 heavy (non-hydrogen) atoms. The first-order valence-electron chi connectivity index (χ1n) is 6.79. The van der Waals surface area contributed by atoms with Crippen molar-refractivity contribution in [3.63, 3.8) is 0 Å². The highest BCUT2D eigenvalue weighted by molar-refractivity contribution is 5.44. The number of aryl methyl sites for hydroxylation is 1. The molecular weight excluding hydrogens is 250 g/mol. The maximum Gasteiger partial charge on any atom is 0.119 e. The first-order valence-corrected chi connectivity index (χ1v) is 6.79. The topological polar surface area (TPSA) is 30.5 Å². The molecule has 0 heterocycles. The van der Waals surface area contributed by atoms with Gasteiger partial charge in [0.2, 0.25) is 0 Å². The Hall–Kier alpha value is -2.00. The maximum absolute atomic E-state index is 5.72. The summed E-state index contributed by atoms with van der Waals surface area (Å²) in [4.78, 5) is 0. The van der Waals surface area contributed by atoms with Crippen molar-refractivity contribution < 1.29 is 9.47 Å². The lowest BCUT2D eigenvalue weighted by molar-refractivity contribution is 0.184. The molecule has 0 spiro atoms. The van der Waals surface area contributed by atoms with Gasteiger partial charge in [0.25, 0.3) is 0 Å². The van der Waals surface area contributed by atoms with Crippen molar-refractivity contribution in [2.45, 2.75) is 13.5 Å². The quantitative estimate of drug-likeness (QED) is 0.780. The third kappa shape index (κ3) is 4.59. The number of anilines is 1. The molecule has 0 aliphatic rings. The third-order valence-electron chi connectivity index (χ3n) is 2.96. The van der Waals surface area contributed by atoms with Crippen LogP contribution in [0.15, 0.2) is 48.5 Å². The van der Waals surface area contributed by atoms with E-state index in [9.17, 15) is 0 Å². The van der Waals surface area contributed by atoms with Crippen LogP contribution in [0.3, 0.4) is 0 Å². The van der Waals surface area contributed by atoms with E-state index >= 15 is 0 Å². The summed E-state index contributed by atoms with van der Waals surface area (Å²) in [5.74, 6) is 0.880. The van der Waals surface area contributed by atoms with Crippen LogP contribution in [0.5, 0.6) is 5.75 Å². The molecule has 0 saturated heterocycles. The summed E-state index contributed by atoms with van der Waals surface area (Å²) in [6.07, 6.45) is 0. The second-order valence-corrected chi connectivity index (χ2v) is 4.72. The minimum absolute atomic E-state index is 0.610. The fraction of sp³-hybridized carbons (Fsp3) is 0.294. The van der Waals surface area contributed by atoms with E-state index in [1.165, 1.54) is 5.56 Å². The van der Waals surface area contributed by atoms with Gasteiger partial charge in [-0.2, -0.15) is 0 Å². The number of nitrogens with one attached hydrogen (secondary N) is 1. The van der Waals surface area contributed by atoms with Crippen molar-refractivity contribution in [3.8, 4) is 5.75 Å². The summed E-state index contributed by atoms with van der Waals surface area (Å²) in [6, 6.07) is 16.3. The summed E-state index contributed by atoms with van der Waals surface area (Å²) < 4.78 is 10.8. The Kier molecular flexibility index (Phi) is 5.44. The molecule has 0 bridgehead atoms. The lowest BCUT2D eigenvalue weighted by atomic mass is 10.2. The second-order valence-electron chi connectivity index (χ2n) is 4.72. The average molecular weight is 271 g/mol. The van der Waals surface area contributed by atoms with Crippen molar-refractivity contribution in [1.29, 1.82) is 0 Å². The molecule has 0 atom stereocenters. The van der Waals surface area contributed by atoms with Crippen molar-refractivity contribution in [2.24, 2.45) is 0 Å². The van der Waals surface area contributed by atoms with E-state index in [0.717, 1.165) is 23.5 Å². The van der Waals surface area contributed by atoms with Gasteiger partial charge in [0.1, 0.15) is 12.4 Å². The van der Waals surface area contributed by atoms with Crippen molar-refractivity contribution in [3.05, 3.63) is 59.7 Å². The Bertz CT molecular complexity index is 523. The standard InChI is InChI=1S/C17H21NO2/c1-14-6-8-16(9-7-14)18-10-11-20-17-5-3-4-15(12-17)13-19-2/h3-9,12,18H,10-11,13H2,1-2H3. The number of ether oxygens (including phenoxy) is 2. The molecule has 2 aromatic rings. The van der Waals surface area contributed by atoms with Crippen LogP contribution in [0.25, 0.3) is 0 Å². The SMILES string of the molecule is COCc1cccc(OCCNc2ccc(C)cc2)c1. The molecule has 0 fully saturated rings. The van der Waals surface area contributed by atoms with Gasteiger partial charge in [-0.25, -0.2) is 0 Å². The van der Waals surface area contributed by atoms with Crippen molar-refractivity contribution >= 4 is 5.69 Å². The molecule has 0 aliphatic heterocycles. The largest absolute Gasteiger partial charge is 0.492 e. The van der Waals surface area contributed by atoms with E-state index in [4.69, 9.17) is 9.47 Å². The van der Waals surface area contributed by atoms with Crippen molar-refractivity contribution in [2.75, 3.05) is 25.6 Å². The zero-order chi connectivity index (χ0) is 14.2. The Balaban J connectivity index is 1.75. The number of methoxy groups -OCH3 is 1. The Morgan fingerprint density at radius 1 is 1.05 bits per heavy atom. The zero-order valence-corrected chi connectivity index (χ0v) is 12.1. The summed E-state index contributed by atoms with van der Waals surface area (Å²) in [6.45, 7) is 4.10. The van der Waals surface area contributed by atoms with Gasteiger partial charge < -0.3 is 14.8 Å². The molecular formula is C17H21NO2.